The topological polar surface area (TPSA) is 86.7 Å². The molecule has 27 heavy (non-hydrogen) atoms. The van der Waals surface area contributed by atoms with Crippen molar-refractivity contribution in [2.75, 3.05) is 11.9 Å². The molecule has 0 unspecified atom stereocenters. The van der Waals surface area contributed by atoms with Gasteiger partial charge in [-0.1, -0.05) is 24.3 Å². The van der Waals surface area contributed by atoms with Crippen molar-refractivity contribution in [1.29, 1.82) is 0 Å². The van der Waals surface area contributed by atoms with E-state index < -0.39 is 11.5 Å². The summed E-state index contributed by atoms with van der Waals surface area (Å²) in [5, 5.41) is 11.9. The van der Waals surface area contributed by atoms with Gasteiger partial charge in [0.1, 0.15) is 0 Å². The Morgan fingerprint density at radius 2 is 1.70 bits per heavy atom. The first-order chi connectivity index (χ1) is 12.9. The smallest absolute Gasteiger partial charge is 0.305 e. The van der Waals surface area contributed by atoms with Crippen molar-refractivity contribution >= 4 is 23.5 Å². The number of para-hydroxylation sites is 1. The van der Waals surface area contributed by atoms with Crippen molar-refractivity contribution in [2.45, 2.75) is 31.2 Å². The Balaban J connectivity index is 1.76. The maximum absolute atomic E-state index is 12.7. The molecule has 0 aromatic heterocycles. The molecular weight excluding hydrogens is 344 g/mol. The Labute approximate surface area is 157 Å². The van der Waals surface area contributed by atoms with Crippen molar-refractivity contribution in [1.82, 2.24) is 5.32 Å². The van der Waals surface area contributed by atoms with Crippen LogP contribution < -0.4 is 10.2 Å². The van der Waals surface area contributed by atoms with Gasteiger partial charge in [-0.3, -0.25) is 14.4 Å². The molecule has 0 spiro atoms. The molecule has 0 atom stereocenters. The minimum Gasteiger partial charge on any atom is -0.481 e. The molecule has 1 aliphatic carbocycles. The standard InChI is InChI=1S/C21H22N2O4/c1-23(17-9-3-2-4-10-17)20(27)16-8-5-7-15(13-16)19(26)22-21(11-6-12-21)14-18(24)25/h2-5,7-10,13H,6,11-12,14H2,1H3,(H,22,26)(H,24,25). The molecule has 1 fully saturated rings. The van der Waals surface area contributed by atoms with Crippen LogP contribution in [0.15, 0.2) is 54.6 Å². The first kappa shape index (κ1) is 18.6. The van der Waals surface area contributed by atoms with Crippen LogP contribution in [-0.4, -0.2) is 35.5 Å². The van der Waals surface area contributed by atoms with Gasteiger partial charge in [-0.15, -0.1) is 0 Å². The number of hydrogen-bond acceptors (Lipinski definition) is 3. The Hall–Kier alpha value is -3.15. The van der Waals surface area contributed by atoms with E-state index in [1.54, 1.807) is 31.3 Å². The lowest BCUT2D eigenvalue weighted by molar-refractivity contribution is -0.139. The number of nitrogens with zero attached hydrogens (tertiary/aromatic N) is 1. The highest BCUT2D eigenvalue weighted by atomic mass is 16.4. The normalized spacial score (nSPS) is 14.7. The Morgan fingerprint density at radius 3 is 2.30 bits per heavy atom. The Kier molecular flexibility index (Phi) is 5.26. The summed E-state index contributed by atoms with van der Waals surface area (Å²) >= 11 is 0. The second kappa shape index (κ2) is 7.61. The number of carbonyl (C=O) groups is 3. The largest absolute Gasteiger partial charge is 0.481 e. The van der Waals surface area contributed by atoms with Gasteiger partial charge in [-0.2, -0.15) is 0 Å². The SMILES string of the molecule is CN(C(=O)c1cccc(C(=O)NC2(CC(=O)O)CCC2)c1)c1ccccc1. The van der Waals surface area contributed by atoms with Crippen LogP contribution in [0.2, 0.25) is 0 Å². The van der Waals surface area contributed by atoms with E-state index in [-0.39, 0.29) is 18.2 Å². The van der Waals surface area contributed by atoms with E-state index >= 15 is 0 Å². The summed E-state index contributed by atoms with van der Waals surface area (Å²) in [5.74, 6) is -1.50. The number of anilines is 1. The van der Waals surface area contributed by atoms with E-state index in [0.29, 0.717) is 24.0 Å². The zero-order chi connectivity index (χ0) is 19.4. The van der Waals surface area contributed by atoms with Gasteiger partial charge in [-0.25, -0.2) is 0 Å². The summed E-state index contributed by atoms with van der Waals surface area (Å²) in [5.41, 5.74) is 0.824. The highest BCUT2D eigenvalue weighted by Gasteiger charge is 2.40. The summed E-state index contributed by atoms with van der Waals surface area (Å²) in [6.07, 6.45) is 2.11. The number of amides is 2. The number of rotatable bonds is 6. The minimum atomic E-state index is -0.927. The van der Waals surface area contributed by atoms with E-state index in [1.807, 2.05) is 30.3 Å². The molecule has 1 saturated carbocycles. The van der Waals surface area contributed by atoms with Gasteiger partial charge in [0.05, 0.1) is 12.0 Å². The van der Waals surface area contributed by atoms with Crippen LogP contribution in [0.25, 0.3) is 0 Å². The van der Waals surface area contributed by atoms with Gasteiger partial charge in [0.15, 0.2) is 0 Å². The number of benzene rings is 2. The predicted molar refractivity (Wildman–Crippen MR) is 102 cm³/mol. The molecule has 3 rings (SSSR count). The molecule has 2 aromatic carbocycles. The van der Waals surface area contributed by atoms with E-state index in [9.17, 15) is 14.4 Å². The van der Waals surface area contributed by atoms with Crippen LogP contribution in [0.1, 0.15) is 46.4 Å². The second-order valence-electron chi connectivity index (χ2n) is 6.94. The monoisotopic (exact) mass is 366 g/mol. The molecule has 0 radical (unpaired) electrons. The molecule has 2 N–H and O–H groups in total. The van der Waals surface area contributed by atoms with Gasteiger partial charge >= 0.3 is 5.97 Å². The van der Waals surface area contributed by atoms with Crippen LogP contribution in [0.5, 0.6) is 0 Å². The summed E-state index contributed by atoms with van der Waals surface area (Å²) < 4.78 is 0. The minimum absolute atomic E-state index is 0.0892. The first-order valence-electron chi connectivity index (χ1n) is 8.88. The molecular formula is C21H22N2O4. The van der Waals surface area contributed by atoms with Crippen molar-refractivity contribution in [3.05, 3.63) is 65.7 Å². The van der Waals surface area contributed by atoms with Crippen LogP contribution >= 0.6 is 0 Å². The average molecular weight is 366 g/mol. The lowest BCUT2D eigenvalue weighted by atomic mass is 9.74. The third-order valence-corrected chi connectivity index (χ3v) is 5.00. The maximum Gasteiger partial charge on any atom is 0.305 e. The number of aliphatic carboxylic acids is 1. The van der Waals surface area contributed by atoms with Gasteiger partial charge in [0.2, 0.25) is 0 Å². The van der Waals surface area contributed by atoms with E-state index in [0.717, 1.165) is 12.1 Å². The summed E-state index contributed by atoms with van der Waals surface area (Å²) in [4.78, 5) is 38.0. The zero-order valence-electron chi connectivity index (χ0n) is 15.1. The quantitative estimate of drug-likeness (QED) is 0.822. The van der Waals surface area contributed by atoms with E-state index in [1.165, 1.54) is 4.90 Å². The molecule has 1 aliphatic rings. The van der Waals surface area contributed by atoms with E-state index in [4.69, 9.17) is 5.11 Å². The summed E-state index contributed by atoms with van der Waals surface area (Å²) in [6, 6.07) is 15.7. The Morgan fingerprint density at radius 1 is 1.04 bits per heavy atom. The Bertz CT molecular complexity index is 859. The lowest BCUT2D eigenvalue weighted by Crippen LogP contribution is -2.54. The zero-order valence-corrected chi connectivity index (χ0v) is 15.1. The second-order valence-corrected chi connectivity index (χ2v) is 6.94. The van der Waals surface area contributed by atoms with Crippen molar-refractivity contribution in [2.24, 2.45) is 0 Å². The van der Waals surface area contributed by atoms with Crippen molar-refractivity contribution < 1.29 is 19.5 Å². The van der Waals surface area contributed by atoms with Gasteiger partial charge in [0, 0.05) is 23.9 Å². The molecule has 6 heteroatoms. The van der Waals surface area contributed by atoms with Crippen molar-refractivity contribution in [3.63, 3.8) is 0 Å². The van der Waals surface area contributed by atoms with Crippen LogP contribution in [0.4, 0.5) is 5.69 Å². The summed E-state index contributed by atoms with van der Waals surface area (Å²) in [6.45, 7) is 0. The van der Waals surface area contributed by atoms with Crippen LogP contribution in [0, 0.1) is 0 Å². The molecule has 0 saturated heterocycles. The van der Waals surface area contributed by atoms with Gasteiger partial charge < -0.3 is 15.3 Å². The number of carboxylic acid groups (broad SMARTS) is 1. The molecule has 0 aliphatic heterocycles. The number of carboxylic acids is 1. The molecule has 2 amide bonds. The summed E-state index contributed by atoms with van der Waals surface area (Å²) in [7, 11) is 1.68. The lowest BCUT2D eigenvalue weighted by Gasteiger charge is -2.41. The third-order valence-electron chi connectivity index (χ3n) is 5.00. The van der Waals surface area contributed by atoms with E-state index in [2.05, 4.69) is 5.32 Å². The highest BCUT2D eigenvalue weighted by molar-refractivity contribution is 6.07. The molecule has 140 valence electrons. The van der Waals surface area contributed by atoms with Crippen LogP contribution in [0.3, 0.4) is 0 Å². The molecule has 2 aromatic rings. The van der Waals surface area contributed by atoms with Crippen molar-refractivity contribution in [3.8, 4) is 0 Å². The number of carbonyl (C=O) groups excluding carboxylic acids is 2. The van der Waals surface area contributed by atoms with Crippen LogP contribution in [-0.2, 0) is 4.79 Å². The molecule has 6 nitrogen and oxygen atoms in total. The first-order valence-corrected chi connectivity index (χ1v) is 8.88. The number of hydrogen-bond donors (Lipinski definition) is 2. The average Bonchev–Trinajstić information content (AvgIpc) is 2.65. The third kappa shape index (κ3) is 4.16. The van der Waals surface area contributed by atoms with Gasteiger partial charge in [-0.05, 0) is 49.6 Å². The fourth-order valence-electron chi connectivity index (χ4n) is 3.31. The molecule has 0 bridgehead atoms. The molecule has 0 heterocycles. The number of nitrogens with one attached hydrogen (secondary N) is 1. The maximum atomic E-state index is 12.7. The predicted octanol–water partition coefficient (Wildman–Crippen LogP) is 3.09. The van der Waals surface area contributed by atoms with Gasteiger partial charge in [0.25, 0.3) is 11.8 Å². The fourth-order valence-corrected chi connectivity index (χ4v) is 3.31. The fraction of sp³-hybridized carbons (Fsp3) is 0.286. The highest BCUT2D eigenvalue weighted by Crippen LogP contribution is 2.35.